The first-order valence-electron chi connectivity index (χ1n) is 4.13. The predicted octanol–water partition coefficient (Wildman–Crippen LogP) is 0.0214. The topological polar surface area (TPSA) is 66.5 Å². The Kier molecular flexibility index (Phi) is 2.34. The van der Waals surface area contributed by atoms with Crippen LogP contribution in [-0.2, 0) is 0 Å². The Labute approximate surface area is 81.0 Å². The molecule has 0 fully saturated rings. The Morgan fingerprint density at radius 2 is 1.86 bits per heavy atom. The van der Waals surface area contributed by atoms with E-state index in [-0.39, 0.29) is 0 Å². The van der Waals surface area contributed by atoms with Gasteiger partial charge in [0.05, 0.1) is 6.20 Å². The maximum absolute atomic E-state index is 8.86. The highest BCUT2D eigenvalue weighted by Gasteiger charge is 2.10. The average Bonchev–Trinajstić information content (AvgIpc) is 2.71. The fourth-order valence-electron chi connectivity index (χ4n) is 1.16. The fraction of sp³-hybridized carbons (Fsp3) is 0. The fourth-order valence-corrected chi connectivity index (χ4v) is 1.16. The van der Waals surface area contributed by atoms with Crippen molar-refractivity contribution in [1.29, 1.82) is 0 Å². The lowest BCUT2D eigenvalue weighted by Crippen LogP contribution is -2.29. The third-order valence-electron chi connectivity index (χ3n) is 1.89. The van der Waals surface area contributed by atoms with Crippen LogP contribution in [0.2, 0.25) is 0 Å². The molecule has 0 aliphatic heterocycles. The van der Waals surface area contributed by atoms with E-state index < -0.39 is 7.12 Å². The molecule has 1 aromatic heterocycles. The molecule has 0 spiro atoms. The Hall–Kier alpha value is -1.59. The first kappa shape index (κ1) is 8.99. The Morgan fingerprint density at radius 3 is 2.36 bits per heavy atom. The summed E-state index contributed by atoms with van der Waals surface area (Å²) in [7, 11) is -1.44. The summed E-state index contributed by atoms with van der Waals surface area (Å²) < 4.78 is 5.08. The van der Waals surface area contributed by atoms with Gasteiger partial charge >= 0.3 is 7.12 Å². The van der Waals surface area contributed by atoms with Crippen molar-refractivity contribution in [1.82, 2.24) is 4.98 Å². The highest BCUT2D eigenvalue weighted by molar-refractivity contribution is 6.58. The summed E-state index contributed by atoms with van der Waals surface area (Å²) in [6.07, 6.45) is 3.05. The molecule has 0 saturated carbocycles. The maximum Gasteiger partial charge on any atom is 0.488 e. The van der Waals surface area contributed by atoms with Crippen molar-refractivity contribution in [2.75, 3.05) is 0 Å². The van der Waals surface area contributed by atoms with Crippen molar-refractivity contribution < 1.29 is 14.5 Å². The second-order valence-electron chi connectivity index (χ2n) is 2.83. The van der Waals surface area contributed by atoms with Crippen molar-refractivity contribution in [2.45, 2.75) is 0 Å². The van der Waals surface area contributed by atoms with Crippen molar-refractivity contribution in [2.24, 2.45) is 0 Å². The molecule has 4 nitrogen and oxygen atoms in total. The van der Waals surface area contributed by atoms with Gasteiger partial charge in [-0.25, -0.2) is 4.98 Å². The number of aromatic nitrogens is 1. The van der Waals surface area contributed by atoms with E-state index >= 15 is 0 Å². The molecule has 0 unspecified atom stereocenters. The van der Waals surface area contributed by atoms with Crippen molar-refractivity contribution in [3.05, 3.63) is 36.7 Å². The average molecular weight is 189 g/mol. The first-order valence-corrected chi connectivity index (χ1v) is 4.13. The van der Waals surface area contributed by atoms with Crippen LogP contribution in [0.25, 0.3) is 11.5 Å². The minimum atomic E-state index is -1.44. The molecule has 0 amide bonds. The molecule has 1 heterocycles. The maximum atomic E-state index is 8.86. The molecule has 70 valence electrons. The van der Waals surface area contributed by atoms with Crippen molar-refractivity contribution in [3.63, 3.8) is 0 Å². The van der Waals surface area contributed by atoms with Gasteiger partial charge in [-0.15, -0.1) is 0 Å². The largest absolute Gasteiger partial charge is 0.488 e. The third kappa shape index (κ3) is 1.68. The van der Waals surface area contributed by atoms with Gasteiger partial charge in [0.2, 0.25) is 5.89 Å². The molecular formula is C9H8BNO3. The van der Waals surface area contributed by atoms with Gasteiger partial charge < -0.3 is 14.5 Å². The highest BCUT2D eigenvalue weighted by atomic mass is 16.4. The molecule has 0 aliphatic rings. The molecule has 0 radical (unpaired) electrons. The smallest absolute Gasteiger partial charge is 0.445 e. The zero-order valence-electron chi connectivity index (χ0n) is 7.29. The molecule has 2 N–H and O–H groups in total. The van der Waals surface area contributed by atoms with E-state index in [1.807, 2.05) is 0 Å². The molecule has 0 bridgehead atoms. The van der Waals surface area contributed by atoms with E-state index in [0.717, 1.165) is 5.56 Å². The normalized spacial score (nSPS) is 10.1. The van der Waals surface area contributed by atoms with E-state index in [4.69, 9.17) is 14.5 Å². The summed E-state index contributed by atoms with van der Waals surface area (Å²) >= 11 is 0. The molecule has 5 heteroatoms. The molecule has 1 aromatic carbocycles. The standard InChI is InChI=1S/C9H8BNO3/c12-10(13)8-3-1-7(2-4-8)9-11-5-6-14-9/h1-6,12-13H. The number of nitrogens with zero attached hydrogens (tertiary/aromatic N) is 1. The van der Waals surface area contributed by atoms with E-state index in [0.29, 0.717) is 11.4 Å². The van der Waals surface area contributed by atoms with Gasteiger partial charge in [0.1, 0.15) is 6.26 Å². The quantitative estimate of drug-likeness (QED) is 0.653. The molecule has 0 aliphatic carbocycles. The van der Waals surface area contributed by atoms with Crippen LogP contribution in [-0.4, -0.2) is 22.2 Å². The number of oxazole rings is 1. The van der Waals surface area contributed by atoms with Crippen LogP contribution >= 0.6 is 0 Å². The summed E-state index contributed by atoms with van der Waals surface area (Å²) in [5.74, 6) is 0.518. The molecular weight excluding hydrogens is 181 g/mol. The van der Waals surface area contributed by atoms with E-state index in [1.165, 1.54) is 6.26 Å². The van der Waals surface area contributed by atoms with E-state index in [2.05, 4.69) is 4.98 Å². The minimum absolute atomic E-state index is 0.445. The summed E-state index contributed by atoms with van der Waals surface area (Å²) in [5.41, 5.74) is 1.25. The molecule has 2 rings (SSSR count). The summed E-state index contributed by atoms with van der Waals surface area (Å²) in [5, 5.41) is 17.7. The van der Waals surface area contributed by atoms with Crippen LogP contribution in [0.15, 0.2) is 41.1 Å². The van der Waals surface area contributed by atoms with Gasteiger partial charge in [-0.1, -0.05) is 12.1 Å². The lowest BCUT2D eigenvalue weighted by molar-refractivity contribution is 0.426. The van der Waals surface area contributed by atoms with Crippen molar-refractivity contribution in [3.8, 4) is 11.5 Å². The minimum Gasteiger partial charge on any atom is -0.445 e. The number of benzene rings is 1. The lowest BCUT2D eigenvalue weighted by Gasteiger charge is -1.99. The third-order valence-corrected chi connectivity index (χ3v) is 1.89. The van der Waals surface area contributed by atoms with Gasteiger partial charge in [-0.3, -0.25) is 0 Å². The Bertz CT molecular complexity index is 397. The zero-order chi connectivity index (χ0) is 9.97. The van der Waals surface area contributed by atoms with Gasteiger partial charge in [0.25, 0.3) is 0 Å². The number of rotatable bonds is 2. The van der Waals surface area contributed by atoms with Gasteiger partial charge in [-0.05, 0) is 17.6 Å². The molecule has 0 saturated heterocycles. The Balaban J connectivity index is 2.31. The molecule has 2 aromatic rings. The number of hydrogen-bond donors (Lipinski definition) is 2. The summed E-state index contributed by atoms with van der Waals surface area (Å²) in [6.45, 7) is 0. The predicted molar refractivity (Wildman–Crippen MR) is 51.8 cm³/mol. The summed E-state index contributed by atoms with van der Waals surface area (Å²) in [4.78, 5) is 3.97. The number of hydrogen-bond acceptors (Lipinski definition) is 4. The van der Waals surface area contributed by atoms with Crippen LogP contribution in [0.3, 0.4) is 0 Å². The van der Waals surface area contributed by atoms with Crippen LogP contribution in [0.4, 0.5) is 0 Å². The van der Waals surface area contributed by atoms with Crippen LogP contribution in [0, 0.1) is 0 Å². The highest BCUT2D eigenvalue weighted by Crippen LogP contribution is 2.14. The van der Waals surface area contributed by atoms with Crippen LogP contribution in [0.5, 0.6) is 0 Å². The first-order chi connectivity index (χ1) is 6.77. The van der Waals surface area contributed by atoms with Crippen molar-refractivity contribution >= 4 is 12.6 Å². The second-order valence-corrected chi connectivity index (χ2v) is 2.83. The van der Waals surface area contributed by atoms with Gasteiger partial charge in [0, 0.05) is 5.56 Å². The van der Waals surface area contributed by atoms with E-state index in [9.17, 15) is 0 Å². The Morgan fingerprint density at radius 1 is 1.14 bits per heavy atom. The van der Waals surface area contributed by atoms with Gasteiger partial charge in [0.15, 0.2) is 0 Å². The second kappa shape index (κ2) is 3.65. The zero-order valence-corrected chi connectivity index (χ0v) is 7.29. The SMILES string of the molecule is OB(O)c1ccc(-c2ncco2)cc1. The molecule has 14 heavy (non-hydrogen) atoms. The van der Waals surface area contributed by atoms with Crippen LogP contribution in [0.1, 0.15) is 0 Å². The van der Waals surface area contributed by atoms with E-state index in [1.54, 1.807) is 30.5 Å². The molecule has 0 atom stereocenters. The summed E-state index contributed by atoms with van der Waals surface area (Å²) in [6, 6.07) is 6.68. The van der Waals surface area contributed by atoms with Gasteiger partial charge in [-0.2, -0.15) is 0 Å². The lowest BCUT2D eigenvalue weighted by atomic mass is 9.80. The monoisotopic (exact) mass is 189 g/mol. The van der Waals surface area contributed by atoms with Crippen LogP contribution < -0.4 is 5.46 Å².